The van der Waals surface area contributed by atoms with Crippen molar-refractivity contribution in [3.05, 3.63) is 101 Å². The highest BCUT2D eigenvalue weighted by atomic mass is 19.1. The first-order valence-corrected chi connectivity index (χ1v) is 9.91. The van der Waals surface area contributed by atoms with E-state index in [0.29, 0.717) is 37.6 Å². The van der Waals surface area contributed by atoms with Crippen LogP contribution in [0.3, 0.4) is 0 Å². The number of nitrogens with zero attached hydrogens (tertiary/aromatic N) is 2. The molecule has 30 heavy (non-hydrogen) atoms. The molecule has 0 spiro atoms. The van der Waals surface area contributed by atoms with Crippen LogP contribution in [-0.4, -0.2) is 37.0 Å². The summed E-state index contributed by atoms with van der Waals surface area (Å²) in [6.07, 6.45) is 0. The Morgan fingerprint density at radius 2 is 1.33 bits per heavy atom. The topological polar surface area (TPSA) is 23.6 Å². The standard InChI is InChI=1S/C26H21FN2O/c27-24-8-4-5-9-25(24)28-16-18-29(19-17-28)26(20-30)23-14-12-22(13-15-23)11-10-21-6-2-1-3-7-21/h1-9,12-15H,16-19H2. The third kappa shape index (κ3) is 4.43. The highest BCUT2D eigenvalue weighted by molar-refractivity contribution is 5.86. The van der Waals surface area contributed by atoms with Crippen molar-refractivity contribution < 1.29 is 9.18 Å². The first-order chi connectivity index (χ1) is 14.7. The highest BCUT2D eigenvalue weighted by Gasteiger charge is 2.22. The van der Waals surface area contributed by atoms with Gasteiger partial charge in [-0.1, -0.05) is 54.3 Å². The summed E-state index contributed by atoms with van der Waals surface area (Å²) in [5.41, 5.74) is 3.80. The Hall–Kier alpha value is -3.80. The summed E-state index contributed by atoms with van der Waals surface area (Å²) in [5, 5.41) is 0. The van der Waals surface area contributed by atoms with E-state index in [4.69, 9.17) is 0 Å². The average Bonchev–Trinajstić information content (AvgIpc) is 2.81. The minimum absolute atomic E-state index is 0.218. The molecule has 148 valence electrons. The number of hydrogen-bond donors (Lipinski definition) is 0. The molecule has 0 aromatic heterocycles. The molecular formula is C26H21FN2O. The Kier molecular flexibility index (Phi) is 5.94. The zero-order valence-corrected chi connectivity index (χ0v) is 16.5. The minimum Gasteiger partial charge on any atom is -0.366 e. The molecule has 0 bridgehead atoms. The summed E-state index contributed by atoms with van der Waals surface area (Å²) in [6, 6.07) is 24.2. The van der Waals surface area contributed by atoms with Gasteiger partial charge < -0.3 is 9.80 Å². The molecule has 0 aliphatic carbocycles. The van der Waals surface area contributed by atoms with Crippen molar-refractivity contribution in [1.29, 1.82) is 0 Å². The first-order valence-electron chi connectivity index (χ1n) is 9.91. The zero-order chi connectivity index (χ0) is 20.8. The van der Waals surface area contributed by atoms with Crippen LogP contribution in [0.1, 0.15) is 16.7 Å². The van der Waals surface area contributed by atoms with Crippen molar-refractivity contribution in [3.8, 4) is 11.8 Å². The third-order valence-electron chi connectivity index (χ3n) is 5.17. The van der Waals surface area contributed by atoms with Gasteiger partial charge in [0.05, 0.1) is 5.69 Å². The van der Waals surface area contributed by atoms with Gasteiger partial charge in [0.15, 0.2) is 5.94 Å². The molecule has 1 aliphatic rings. The number of benzene rings is 3. The van der Waals surface area contributed by atoms with Gasteiger partial charge in [0.1, 0.15) is 11.5 Å². The molecule has 1 heterocycles. The lowest BCUT2D eigenvalue weighted by Gasteiger charge is -2.37. The maximum absolute atomic E-state index is 14.0. The van der Waals surface area contributed by atoms with Crippen LogP contribution in [0.15, 0.2) is 78.9 Å². The van der Waals surface area contributed by atoms with Crippen molar-refractivity contribution in [2.75, 3.05) is 31.1 Å². The first kappa shape index (κ1) is 19.5. The molecule has 0 N–H and O–H groups in total. The molecule has 1 saturated heterocycles. The van der Waals surface area contributed by atoms with Gasteiger partial charge in [0.25, 0.3) is 0 Å². The number of halogens is 1. The van der Waals surface area contributed by atoms with Gasteiger partial charge >= 0.3 is 0 Å². The van der Waals surface area contributed by atoms with E-state index < -0.39 is 0 Å². The SMILES string of the molecule is O=C=C(c1ccc(C#Cc2ccccc2)cc1)N1CCN(c2ccccc2F)CC1. The number of piperazine rings is 1. The van der Waals surface area contributed by atoms with Crippen molar-refractivity contribution >= 4 is 17.3 Å². The Bertz CT molecular complexity index is 1110. The van der Waals surface area contributed by atoms with Crippen molar-refractivity contribution in [2.24, 2.45) is 0 Å². The van der Waals surface area contributed by atoms with Gasteiger partial charge in [0.2, 0.25) is 0 Å². The number of anilines is 1. The largest absolute Gasteiger partial charge is 0.366 e. The van der Waals surface area contributed by atoms with Crippen LogP contribution in [0.5, 0.6) is 0 Å². The molecule has 3 aromatic carbocycles. The highest BCUT2D eigenvalue weighted by Crippen LogP contribution is 2.24. The lowest BCUT2D eigenvalue weighted by molar-refractivity contribution is 0.366. The van der Waals surface area contributed by atoms with Crippen LogP contribution >= 0.6 is 0 Å². The fraction of sp³-hybridized carbons (Fsp3) is 0.154. The zero-order valence-electron chi connectivity index (χ0n) is 16.5. The second kappa shape index (κ2) is 9.13. The summed E-state index contributed by atoms with van der Waals surface area (Å²) in [7, 11) is 0. The Morgan fingerprint density at radius 1 is 0.733 bits per heavy atom. The van der Waals surface area contributed by atoms with Gasteiger partial charge in [-0.25, -0.2) is 9.18 Å². The van der Waals surface area contributed by atoms with Crippen LogP contribution < -0.4 is 4.90 Å². The molecule has 1 fully saturated rings. The predicted molar refractivity (Wildman–Crippen MR) is 118 cm³/mol. The van der Waals surface area contributed by atoms with Crippen LogP contribution in [-0.2, 0) is 4.79 Å². The summed E-state index contributed by atoms with van der Waals surface area (Å²) >= 11 is 0. The van der Waals surface area contributed by atoms with Crippen LogP contribution in [0.2, 0.25) is 0 Å². The molecule has 4 rings (SSSR count). The number of rotatable bonds is 3. The smallest absolute Gasteiger partial charge is 0.151 e. The minimum atomic E-state index is -0.218. The van der Waals surface area contributed by atoms with E-state index in [1.165, 1.54) is 6.07 Å². The molecule has 4 heteroatoms. The van der Waals surface area contributed by atoms with Crippen LogP contribution in [0, 0.1) is 17.7 Å². The average molecular weight is 396 g/mol. The van der Waals surface area contributed by atoms with Gasteiger partial charge in [-0.2, -0.15) is 0 Å². The van der Waals surface area contributed by atoms with E-state index in [1.807, 2.05) is 70.5 Å². The summed E-state index contributed by atoms with van der Waals surface area (Å²) in [6.45, 7) is 2.56. The lowest BCUT2D eigenvalue weighted by Crippen LogP contribution is -2.45. The lowest BCUT2D eigenvalue weighted by atomic mass is 10.1. The Morgan fingerprint density at radius 3 is 1.97 bits per heavy atom. The summed E-state index contributed by atoms with van der Waals surface area (Å²) in [4.78, 5) is 15.7. The molecule has 0 unspecified atom stereocenters. The van der Waals surface area contributed by atoms with Crippen LogP contribution in [0.4, 0.5) is 10.1 Å². The molecule has 3 aromatic rings. The number of para-hydroxylation sites is 1. The normalized spacial score (nSPS) is 13.2. The van der Waals surface area contributed by atoms with Crippen molar-refractivity contribution in [2.45, 2.75) is 0 Å². The Labute approximate surface area is 176 Å². The number of hydrogen-bond acceptors (Lipinski definition) is 3. The summed E-state index contributed by atoms with van der Waals surface area (Å²) < 4.78 is 14.0. The predicted octanol–water partition coefficient (Wildman–Crippen LogP) is 4.22. The van der Waals surface area contributed by atoms with Crippen molar-refractivity contribution in [3.63, 3.8) is 0 Å². The van der Waals surface area contributed by atoms with Gasteiger partial charge in [-0.3, -0.25) is 0 Å². The van der Waals surface area contributed by atoms with E-state index in [2.05, 4.69) is 17.8 Å². The Balaban J connectivity index is 1.43. The summed E-state index contributed by atoms with van der Waals surface area (Å²) in [5.74, 6) is 8.15. The second-order valence-corrected chi connectivity index (χ2v) is 7.07. The maximum Gasteiger partial charge on any atom is 0.151 e. The van der Waals surface area contributed by atoms with E-state index in [9.17, 15) is 9.18 Å². The molecular weight excluding hydrogens is 375 g/mol. The van der Waals surface area contributed by atoms with Crippen molar-refractivity contribution in [1.82, 2.24) is 4.90 Å². The van der Waals surface area contributed by atoms with Gasteiger partial charge in [0, 0.05) is 42.9 Å². The fourth-order valence-electron chi connectivity index (χ4n) is 3.56. The fourth-order valence-corrected chi connectivity index (χ4v) is 3.56. The van der Waals surface area contributed by atoms with E-state index in [1.54, 1.807) is 12.1 Å². The van der Waals surface area contributed by atoms with Gasteiger partial charge in [-0.05, 0) is 36.4 Å². The molecule has 1 aliphatic heterocycles. The van der Waals surface area contributed by atoms with E-state index in [0.717, 1.165) is 16.7 Å². The maximum atomic E-state index is 14.0. The third-order valence-corrected chi connectivity index (χ3v) is 5.17. The monoisotopic (exact) mass is 396 g/mol. The van der Waals surface area contributed by atoms with Gasteiger partial charge in [-0.15, -0.1) is 0 Å². The van der Waals surface area contributed by atoms with E-state index >= 15 is 0 Å². The second-order valence-electron chi connectivity index (χ2n) is 7.07. The van der Waals surface area contributed by atoms with Crippen LogP contribution in [0.25, 0.3) is 5.70 Å². The quantitative estimate of drug-likeness (QED) is 0.489. The molecule has 3 nitrogen and oxygen atoms in total. The molecule has 0 radical (unpaired) electrons. The number of carbonyl (C=O) groups excluding carboxylic acids is 1. The molecule has 0 amide bonds. The molecule has 0 atom stereocenters. The van der Waals surface area contributed by atoms with E-state index in [-0.39, 0.29) is 5.82 Å². The molecule has 0 saturated carbocycles.